The molecule has 0 fully saturated rings. The van der Waals surface area contributed by atoms with Crippen LogP contribution in [0.3, 0.4) is 0 Å². The molecule has 14 heavy (non-hydrogen) atoms. The highest BCUT2D eigenvalue weighted by Gasteiger charge is 2.15. The van der Waals surface area contributed by atoms with Crippen molar-refractivity contribution in [2.75, 3.05) is 0 Å². The van der Waals surface area contributed by atoms with E-state index >= 15 is 0 Å². The first-order valence-corrected chi connectivity index (χ1v) is 5.30. The number of nitrogens with zero attached hydrogens (tertiary/aromatic N) is 2. The molecule has 0 aromatic carbocycles. The second-order valence-electron chi connectivity index (χ2n) is 2.02. The van der Waals surface area contributed by atoms with Crippen LogP contribution in [-0.4, -0.2) is 9.61 Å². The average Bonchev–Trinajstić information content (AvgIpc) is 2.09. The quantitative estimate of drug-likeness (QED) is 0.519. The van der Waals surface area contributed by atoms with E-state index in [0.717, 1.165) is 0 Å². The van der Waals surface area contributed by atoms with Gasteiger partial charge in [0.05, 0.1) is 0 Å². The molecule has 0 radical (unpaired) electrons. The van der Waals surface area contributed by atoms with Crippen molar-refractivity contribution in [3.8, 4) is 0 Å². The Morgan fingerprint density at radius 1 is 0.929 bits per heavy atom. The first-order valence-electron chi connectivity index (χ1n) is 3.03. The lowest BCUT2D eigenvalue weighted by Crippen LogP contribution is -1.83. The molecule has 0 saturated heterocycles. The minimum absolute atomic E-state index is 0.0191. The summed E-state index contributed by atoms with van der Waals surface area (Å²) in [5.74, 6) is 0. The van der Waals surface area contributed by atoms with E-state index in [4.69, 9.17) is 69.6 Å². The summed E-state index contributed by atoms with van der Waals surface area (Å²) in [5.41, 5.74) is 0.0957. The smallest absolute Gasteiger partial charge is 0.197 e. The SMILES string of the molecule is ClC(Cl)=Nc1c(Cl)c(Cl)nc(Cl)c1Cl. The second kappa shape index (κ2) is 5.06. The van der Waals surface area contributed by atoms with Crippen LogP contribution in [0.5, 0.6) is 0 Å². The Labute approximate surface area is 110 Å². The number of aliphatic imine (C=N–C) groups is 1. The molecule has 0 bridgehead atoms. The van der Waals surface area contributed by atoms with Gasteiger partial charge in [-0.15, -0.1) is 0 Å². The molecule has 0 N–H and O–H groups in total. The maximum Gasteiger partial charge on any atom is 0.197 e. The third-order valence-electron chi connectivity index (χ3n) is 1.17. The summed E-state index contributed by atoms with van der Waals surface area (Å²) in [5, 5.41) is 0.0449. The largest absolute Gasteiger partial charge is 0.222 e. The Morgan fingerprint density at radius 2 is 1.36 bits per heavy atom. The molecule has 0 saturated carbocycles. The van der Waals surface area contributed by atoms with Crippen molar-refractivity contribution in [1.29, 1.82) is 0 Å². The van der Waals surface area contributed by atoms with Gasteiger partial charge in [-0.1, -0.05) is 46.4 Å². The number of halogens is 6. The van der Waals surface area contributed by atoms with Crippen molar-refractivity contribution in [3.63, 3.8) is 0 Å². The highest BCUT2D eigenvalue weighted by atomic mass is 35.5. The summed E-state index contributed by atoms with van der Waals surface area (Å²) in [6.07, 6.45) is 0. The first kappa shape index (κ1) is 12.6. The maximum atomic E-state index is 5.75. The van der Waals surface area contributed by atoms with E-state index in [0.29, 0.717) is 0 Å². The minimum atomic E-state index is -0.257. The Morgan fingerprint density at radius 3 is 1.71 bits per heavy atom. The molecule has 0 aliphatic carbocycles. The Balaban J connectivity index is 3.47. The van der Waals surface area contributed by atoms with Crippen LogP contribution in [0.1, 0.15) is 0 Å². The van der Waals surface area contributed by atoms with E-state index in [1.165, 1.54) is 0 Å². The minimum Gasteiger partial charge on any atom is -0.222 e. The van der Waals surface area contributed by atoms with Gasteiger partial charge in [-0.05, 0) is 23.2 Å². The van der Waals surface area contributed by atoms with Gasteiger partial charge in [-0.2, -0.15) is 0 Å². The van der Waals surface area contributed by atoms with Crippen LogP contribution < -0.4 is 0 Å². The van der Waals surface area contributed by atoms with Crippen LogP contribution in [-0.2, 0) is 0 Å². The molecule has 1 heterocycles. The molecule has 0 spiro atoms. The van der Waals surface area contributed by atoms with Crippen molar-refractivity contribution >= 4 is 79.9 Å². The lowest BCUT2D eigenvalue weighted by atomic mass is 10.4. The highest BCUT2D eigenvalue weighted by molar-refractivity contribution is 6.95. The fourth-order valence-electron chi connectivity index (χ4n) is 0.659. The van der Waals surface area contributed by atoms with Crippen LogP contribution in [0.4, 0.5) is 5.69 Å². The number of hydrogen-bond donors (Lipinski definition) is 0. The van der Waals surface area contributed by atoms with E-state index < -0.39 is 0 Å². The molecule has 0 aliphatic heterocycles. The van der Waals surface area contributed by atoms with Gasteiger partial charge in [-0.3, -0.25) is 0 Å². The molecule has 76 valence electrons. The summed E-state index contributed by atoms with van der Waals surface area (Å²) >= 11 is 33.5. The summed E-state index contributed by atoms with van der Waals surface area (Å²) < 4.78 is -0.257. The van der Waals surface area contributed by atoms with Gasteiger partial charge in [0.1, 0.15) is 15.7 Å². The van der Waals surface area contributed by atoms with Crippen molar-refractivity contribution in [2.45, 2.75) is 0 Å². The molecular weight excluding hydrogens is 313 g/mol. The monoisotopic (exact) mass is 310 g/mol. The van der Waals surface area contributed by atoms with Gasteiger partial charge in [-0.25, -0.2) is 9.98 Å². The summed E-state index contributed by atoms with van der Waals surface area (Å²) in [7, 11) is 0. The van der Waals surface area contributed by atoms with Crippen LogP contribution in [0.2, 0.25) is 20.4 Å². The average molecular weight is 313 g/mol. The van der Waals surface area contributed by atoms with Crippen LogP contribution >= 0.6 is 69.6 Å². The van der Waals surface area contributed by atoms with Gasteiger partial charge in [0.15, 0.2) is 14.9 Å². The van der Waals surface area contributed by atoms with Crippen molar-refractivity contribution < 1.29 is 0 Å². The van der Waals surface area contributed by atoms with Crippen molar-refractivity contribution in [3.05, 3.63) is 20.4 Å². The lowest BCUT2D eigenvalue weighted by molar-refractivity contribution is 1.31. The fourth-order valence-corrected chi connectivity index (χ4v) is 1.63. The zero-order valence-corrected chi connectivity index (χ0v) is 10.7. The second-order valence-corrected chi connectivity index (χ2v) is 4.40. The van der Waals surface area contributed by atoms with Crippen LogP contribution in [0.25, 0.3) is 0 Å². The number of pyridine rings is 1. The topological polar surface area (TPSA) is 25.2 Å². The number of rotatable bonds is 1. The molecule has 0 atom stereocenters. The van der Waals surface area contributed by atoms with E-state index in [1.54, 1.807) is 0 Å². The molecule has 0 unspecified atom stereocenters. The third-order valence-corrected chi connectivity index (χ3v) is 2.80. The molecule has 0 amide bonds. The first-order chi connectivity index (χ1) is 6.43. The van der Waals surface area contributed by atoms with E-state index in [9.17, 15) is 0 Å². The summed E-state index contributed by atoms with van der Waals surface area (Å²) in [6.45, 7) is 0. The Kier molecular flexibility index (Phi) is 4.56. The third kappa shape index (κ3) is 2.78. The normalized spacial score (nSPS) is 10.1. The molecule has 2 nitrogen and oxygen atoms in total. The molecule has 1 rings (SSSR count). The Bertz CT molecular complexity index is 372. The van der Waals surface area contributed by atoms with Crippen molar-refractivity contribution in [1.82, 2.24) is 4.98 Å². The Hall–Kier alpha value is 0.560. The van der Waals surface area contributed by atoms with E-state index in [2.05, 4.69) is 9.98 Å². The van der Waals surface area contributed by atoms with Crippen molar-refractivity contribution in [2.24, 2.45) is 4.99 Å². The fraction of sp³-hybridized carbons (Fsp3) is 0. The summed E-state index contributed by atoms with van der Waals surface area (Å²) in [6, 6.07) is 0. The van der Waals surface area contributed by atoms with Gasteiger partial charge >= 0.3 is 0 Å². The molecular formula is C6Cl6N2. The zero-order valence-electron chi connectivity index (χ0n) is 6.16. The van der Waals surface area contributed by atoms with Gasteiger partial charge < -0.3 is 0 Å². The van der Waals surface area contributed by atoms with E-state index in [-0.39, 0.29) is 30.7 Å². The summed E-state index contributed by atoms with van der Waals surface area (Å²) in [4.78, 5) is 7.31. The highest BCUT2D eigenvalue weighted by Crippen LogP contribution is 2.41. The predicted molar refractivity (Wildman–Crippen MR) is 63.1 cm³/mol. The van der Waals surface area contributed by atoms with Gasteiger partial charge in [0.2, 0.25) is 0 Å². The number of aromatic nitrogens is 1. The van der Waals surface area contributed by atoms with Crippen LogP contribution in [0.15, 0.2) is 4.99 Å². The van der Waals surface area contributed by atoms with Gasteiger partial charge in [0, 0.05) is 0 Å². The molecule has 0 aliphatic rings. The zero-order chi connectivity index (χ0) is 10.9. The predicted octanol–water partition coefficient (Wildman–Crippen LogP) is 5.16. The number of hydrogen-bond acceptors (Lipinski definition) is 2. The standard InChI is InChI=1S/C6Cl6N2/c7-1-3(13-6(11)12)2(8)5(10)14-4(1)9. The van der Waals surface area contributed by atoms with Gasteiger partial charge in [0.25, 0.3) is 0 Å². The lowest BCUT2D eigenvalue weighted by Gasteiger charge is -2.04. The van der Waals surface area contributed by atoms with E-state index in [1.807, 2.05) is 0 Å². The van der Waals surface area contributed by atoms with Crippen LogP contribution in [0, 0.1) is 0 Å². The molecule has 1 aromatic rings. The molecule has 1 aromatic heterocycles. The molecule has 8 heteroatoms. The maximum absolute atomic E-state index is 5.75.